The third-order valence-electron chi connectivity index (χ3n) is 6.44. The molecule has 12 heteroatoms. The topological polar surface area (TPSA) is 79.4 Å². The third kappa shape index (κ3) is 6.22. The molecule has 8 nitrogen and oxygen atoms in total. The van der Waals surface area contributed by atoms with Gasteiger partial charge in [-0.2, -0.15) is 13.2 Å². The predicted molar refractivity (Wildman–Crippen MR) is 141 cm³/mol. The number of nitrogens with zero attached hydrogens (tertiary/aromatic N) is 3. The van der Waals surface area contributed by atoms with Gasteiger partial charge in [0.15, 0.2) is 0 Å². The summed E-state index contributed by atoms with van der Waals surface area (Å²) < 4.78 is 78.6. The first-order valence-electron chi connectivity index (χ1n) is 12.0. The molecule has 0 bridgehead atoms. The van der Waals surface area contributed by atoms with Crippen LogP contribution in [-0.2, 0) is 21.0 Å². The molecule has 1 fully saturated rings. The SMILES string of the molecule is COc1ccc(OC)c(N(CC(=O)N2CCN(c3cccc(C(F)(F)F)c3)CC2)S(=O)(=O)c2ccccc2)c1. The lowest BCUT2D eigenvalue weighted by molar-refractivity contribution is -0.137. The van der Waals surface area contributed by atoms with Crippen molar-refractivity contribution in [3.05, 3.63) is 78.4 Å². The minimum absolute atomic E-state index is 0.00274. The van der Waals surface area contributed by atoms with Crippen molar-refractivity contribution in [1.82, 2.24) is 4.90 Å². The molecule has 0 spiro atoms. The van der Waals surface area contributed by atoms with E-state index in [4.69, 9.17) is 9.47 Å². The largest absolute Gasteiger partial charge is 0.497 e. The van der Waals surface area contributed by atoms with Gasteiger partial charge in [-0.05, 0) is 42.5 Å². The quantitative estimate of drug-likeness (QED) is 0.408. The molecule has 208 valence electrons. The van der Waals surface area contributed by atoms with Crippen molar-refractivity contribution in [3.8, 4) is 11.5 Å². The van der Waals surface area contributed by atoms with Crippen molar-refractivity contribution in [3.63, 3.8) is 0 Å². The summed E-state index contributed by atoms with van der Waals surface area (Å²) in [5, 5.41) is 0. The fourth-order valence-corrected chi connectivity index (χ4v) is 5.76. The summed E-state index contributed by atoms with van der Waals surface area (Å²) in [5.41, 5.74) is -0.199. The number of alkyl halides is 3. The predicted octanol–water partition coefficient (Wildman–Crippen LogP) is 4.27. The molecule has 1 saturated heterocycles. The lowest BCUT2D eigenvalue weighted by Gasteiger charge is -2.37. The van der Waals surface area contributed by atoms with Gasteiger partial charge < -0.3 is 19.3 Å². The number of hydrogen-bond donors (Lipinski definition) is 0. The Hall–Kier alpha value is -3.93. The second-order valence-corrected chi connectivity index (χ2v) is 10.6. The number of halogens is 3. The van der Waals surface area contributed by atoms with E-state index in [1.54, 1.807) is 41.3 Å². The van der Waals surface area contributed by atoms with Crippen LogP contribution >= 0.6 is 0 Å². The third-order valence-corrected chi connectivity index (χ3v) is 8.21. The fourth-order valence-electron chi connectivity index (χ4n) is 4.33. The number of rotatable bonds is 8. The number of sulfonamides is 1. The highest BCUT2D eigenvalue weighted by atomic mass is 32.2. The minimum Gasteiger partial charge on any atom is -0.497 e. The van der Waals surface area contributed by atoms with E-state index in [1.807, 2.05) is 0 Å². The Kier molecular flexibility index (Phi) is 8.24. The lowest BCUT2D eigenvalue weighted by atomic mass is 10.1. The van der Waals surface area contributed by atoms with Crippen molar-refractivity contribution in [2.24, 2.45) is 0 Å². The summed E-state index contributed by atoms with van der Waals surface area (Å²) in [6, 6.07) is 17.4. The van der Waals surface area contributed by atoms with Gasteiger partial charge in [0.1, 0.15) is 18.0 Å². The highest BCUT2D eigenvalue weighted by Gasteiger charge is 2.33. The monoisotopic (exact) mass is 563 g/mol. The highest BCUT2D eigenvalue weighted by Crippen LogP contribution is 2.36. The van der Waals surface area contributed by atoms with Gasteiger partial charge in [0.05, 0.1) is 30.4 Å². The minimum atomic E-state index is -4.46. The average molecular weight is 564 g/mol. The van der Waals surface area contributed by atoms with Gasteiger partial charge in [-0.15, -0.1) is 0 Å². The molecule has 0 unspecified atom stereocenters. The molecule has 0 N–H and O–H groups in total. The smallest absolute Gasteiger partial charge is 0.416 e. The number of methoxy groups -OCH3 is 2. The Bertz CT molecular complexity index is 1410. The van der Waals surface area contributed by atoms with Crippen LogP contribution in [0.2, 0.25) is 0 Å². The van der Waals surface area contributed by atoms with E-state index in [9.17, 15) is 26.4 Å². The molecule has 39 heavy (non-hydrogen) atoms. The molecule has 4 rings (SSSR count). The van der Waals surface area contributed by atoms with Crippen molar-refractivity contribution in [2.45, 2.75) is 11.1 Å². The number of carbonyl (C=O) groups excluding carboxylic acids is 1. The molecule has 0 radical (unpaired) electrons. The summed E-state index contributed by atoms with van der Waals surface area (Å²) in [6.45, 7) is 0.499. The summed E-state index contributed by atoms with van der Waals surface area (Å²) >= 11 is 0. The van der Waals surface area contributed by atoms with E-state index in [2.05, 4.69) is 0 Å². The first kappa shape index (κ1) is 28.1. The summed E-state index contributed by atoms with van der Waals surface area (Å²) in [4.78, 5) is 16.7. The van der Waals surface area contributed by atoms with Gasteiger partial charge in [0.25, 0.3) is 10.0 Å². The van der Waals surface area contributed by atoms with Gasteiger partial charge in [0.2, 0.25) is 5.91 Å². The summed E-state index contributed by atoms with van der Waals surface area (Å²) in [7, 11) is -1.35. The van der Waals surface area contributed by atoms with Crippen LogP contribution in [0.1, 0.15) is 5.56 Å². The Balaban J connectivity index is 1.57. The maximum Gasteiger partial charge on any atom is 0.416 e. The number of benzene rings is 3. The van der Waals surface area contributed by atoms with E-state index in [-0.39, 0.29) is 29.4 Å². The zero-order valence-corrected chi connectivity index (χ0v) is 22.2. The van der Waals surface area contributed by atoms with E-state index in [0.29, 0.717) is 24.5 Å². The Morgan fingerprint density at radius 1 is 0.897 bits per heavy atom. The molecule has 1 aliphatic rings. The maximum atomic E-state index is 13.7. The van der Waals surface area contributed by atoms with Crippen molar-refractivity contribution in [1.29, 1.82) is 0 Å². The molecule has 1 amide bonds. The van der Waals surface area contributed by atoms with Crippen LogP contribution in [0.15, 0.2) is 77.7 Å². The van der Waals surface area contributed by atoms with E-state index < -0.39 is 34.2 Å². The van der Waals surface area contributed by atoms with Crippen LogP contribution < -0.4 is 18.7 Å². The standard InChI is InChI=1S/C27H28F3N3O5S/c1-37-22-11-12-25(38-2)24(18-22)33(39(35,36)23-9-4-3-5-10-23)19-26(34)32-15-13-31(14-16-32)21-8-6-7-20(17-21)27(28,29)30/h3-12,17-18H,13-16,19H2,1-2H3. The molecule has 1 heterocycles. The Morgan fingerprint density at radius 2 is 1.59 bits per heavy atom. The van der Waals surface area contributed by atoms with Gasteiger partial charge >= 0.3 is 6.18 Å². The highest BCUT2D eigenvalue weighted by molar-refractivity contribution is 7.92. The first-order valence-corrected chi connectivity index (χ1v) is 13.5. The molecule has 3 aromatic carbocycles. The number of amides is 1. The van der Waals surface area contributed by atoms with Crippen LogP contribution in [-0.4, -0.2) is 66.2 Å². The molecule has 0 aliphatic carbocycles. The summed E-state index contributed by atoms with van der Waals surface area (Å²) in [6.07, 6.45) is -4.46. The van der Waals surface area contributed by atoms with Crippen LogP contribution in [0.25, 0.3) is 0 Å². The molecule has 0 saturated carbocycles. The molecule has 3 aromatic rings. The van der Waals surface area contributed by atoms with Crippen LogP contribution in [0, 0.1) is 0 Å². The second kappa shape index (κ2) is 11.4. The number of ether oxygens (including phenoxy) is 2. The van der Waals surface area contributed by atoms with Gasteiger partial charge in [-0.25, -0.2) is 8.42 Å². The first-order chi connectivity index (χ1) is 18.5. The number of carbonyl (C=O) groups is 1. The van der Waals surface area contributed by atoms with Crippen molar-refractivity contribution in [2.75, 3.05) is 56.1 Å². The van der Waals surface area contributed by atoms with Gasteiger partial charge in [0, 0.05) is 37.9 Å². The van der Waals surface area contributed by atoms with E-state index >= 15 is 0 Å². The van der Waals surface area contributed by atoms with E-state index in [1.165, 1.54) is 43.4 Å². The van der Waals surface area contributed by atoms with Crippen molar-refractivity contribution < 1.29 is 35.9 Å². The number of anilines is 2. The Labute approximate surface area is 225 Å². The summed E-state index contributed by atoms with van der Waals surface area (Å²) in [5.74, 6) is 0.154. The molecule has 1 aliphatic heterocycles. The van der Waals surface area contributed by atoms with Crippen LogP contribution in [0.4, 0.5) is 24.5 Å². The molecule has 0 aromatic heterocycles. The normalized spacial score (nSPS) is 14.2. The number of hydrogen-bond acceptors (Lipinski definition) is 6. The zero-order chi connectivity index (χ0) is 28.2. The fraction of sp³-hybridized carbons (Fsp3) is 0.296. The molecular formula is C27H28F3N3O5S. The van der Waals surface area contributed by atoms with Gasteiger partial charge in [-0.3, -0.25) is 9.10 Å². The Morgan fingerprint density at radius 3 is 2.21 bits per heavy atom. The second-order valence-electron chi connectivity index (χ2n) is 8.78. The van der Waals surface area contributed by atoms with E-state index in [0.717, 1.165) is 16.4 Å². The lowest BCUT2D eigenvalue weighted by Crippen LogP contribution is -2.52. The average Bonchev–Trinajstić information content (AvgIpc) is 2.95. The molecule has 0 atom stereocenters. The maximum absolute atomic E-state index is 13.7. The van der Waals surface area contributed by atoms with Gasteiger partial charge in [-0.1, -0.05) is 24.3 Å². The van der Waals surface area contributed by atoms with Crippen LogP contribution in [0.5, 0.6) is 11.5 Å². The zero-order valence-electron chi connectivity index (χ0n) is 21.4. The number of piperazine rings is 1. The van der Waals surface area contributed by atoms with Crippen LogP contribution in [0.3, 0.4) is 0 Å². The molecular weight excluding hydrogens is 535 g/mol. The van der Waals surface area contributed by atoms with Crippen molar-refractivity contribution >= 4 is 27.3 Å².